The van der Waals surface area contributed by atoms with Crippen LogP contribution in [0.15, 0.2) is 18.2 Å². The van der Waals surface area contributed by atoms with Crippen molar-refractivity contribution in [1.29, 1.82) is 0 Å². The molecule has 0 saturated heterocycles. The molecule has 0 unspecified atom stereocenters. The minimum Gasteiger partial charge on any atom is -0.351 e. The highest BCUT2D eigenvalue weighted by molar-refractivity contribution is 9.09. The summed E-state index contributed by atoms with van der Waals surface area (Å²) in [6, 6.07) is 5.34. The fourth-order valence-corrected chi connectivity index (χ4v) is 2.76. The molecule has 1 fully saturated rings. The fourth-order valence-electron chi connectivity index (χ4n) is 1.78. The molecule has 0 bridgehead atoms. The number of carbonyl (C=O) groups is 1. The van der Waals surface area contributed by atoms with E-state index in [4.69, 9.17) is 11.6 Å². The van der Waals surface area contributed by atoms with E-state index in [2.05, 4.69) is 21.2 Å². The van der Waals surface area contributed by atoms with Gasteiger partial charge in [0.05, 0.1) is 0 Å². The van der Waals surface area contributed by atoms with Crippen LogP contribution in [0.5, 0.6) is 0 Å². The first-order valence-corrected chi connectivity index (χ1v) is 7.17. The van der Waals surface area contributed by atoms with Gasteiger partial charge in [-0.1, -0.05) is 27.5 Å². The number of amides is 1. The summed E-state index contributed by atoms with van der Waals surface area (Å²) in [5, 5.41) is 4.62. The maximum atomic E-state index is 12.0. The van der Waals surface area contributed by atoms with E-state index in [0.717, 1.165) is 17.4 Å². The first kappa shape index (κ1) is 12.9. The second-order valence-corrected chi connectivity index (χ2v) is 5.77. The molecule has 0 atom stereocenters. The van der Waals surface area contributed by atoms with E-state index in [9.17, 15) is 4.79 Å². The van der Waals surface area contributed by atoms with Gasteiger partial charge in [0.1, 0.15) is 0 Å². The Kier molecular flexibility index (Phi) is 3.79. The van der Waals surface area contributed by atoms with Crippen LogP contribution >= 0.6 is 27.5 Å². The Labute approximate surface area is 115 Å². The van der Waals surface area contributed by atoms with E-state index in [0.29, 0.717) is 16.0 Å². The molecule has 0 spiro atoms. The van der Waals surface area contributed by atoms with Crippen LogP contribution in [0.4, 0.5) is 0 Å². The first-order valence-electron chi connectivity index (χ1n) is 5.67. The molecule has 1 N–H and O–H groups in total. The Bertz CT molecular complexity index is 443. The molecule has 0 heterocycles. The van der Waals surface area contributed by atoms with Crippen LogP contribution in [0.3, 0.4) is 0 Å². The molecule has 2 nitrogen and oxygen atoms in total. The zero-order valence-corrected chi connectivity index (χ0v) is 12.1. The minimum absolute atomic E-state index is 0.00797. The van der Waals surface area contributed by atoms with E-state index in [1.807, 2.05) is 13.0 Å². The van der Waals surface area contributed by atoms with Crippen molar-refractivity contribution in [3.63, 3.8) is 0 Å². The summed E-state index contributed by atoms with van der Waals surface area (Å²) < 4.78 is 0. The SMILES string of the molecule is Cc1cc(Cl)ccc1C(=O)NCC1(CBr)CC1. The third-order valence-electron chi connectivity index (χ3n) is 3.30. The van der Waals surface area contributed by atoms with Crippen LogP contribution in [-0.4, -0.2) is 17.8 Å². The van der Waals surface area contributed by atoms with Gasteiger partial charge in [0.15, 0.2) is 0 Å². The van der Waals surface area contributed by atoms with Crippen LogP contribution < -0.4 is 5.32 Å². The number of carbonyl (C=O) groups excluding carboxylic acids is 1. The van der Waals surface area contributed by atoms with E-state index in [1.165, 1.54) is 12.8 Å². The van der Waals surface area contributed by atoms with Crippen LogP contribution in [0, 0.1) is 12.3 Å². The molecule has 1 aromatic carbocycles. The average Bonchev–Trinajstić information content (AvgIpc) is 3.07. The quantitative estimate of drug-likeness (QED) is 0.846. The lowest BCUT2D eigenvalue weighted by Crippen LogP contribution is -2.31. The summed E-state index contributed by atoms with van der Waals surface area (Å²) in [6.07, 6.45) is 2.39. The molecule has 0 radical (unpaired) electrons. The lowest BCUT2D eigenvalue weighted by atomic mass is 10.1. The van der Waals surface area contributed by atoms with Gasteiger partial charge in [-0.3, -0.25) is 4.79 Å². The maximum absolute atomic E-state index is 12.0. The van der Waals surface area contributed by atoms with Crippen molar-refractivity contribution in [2.45, 2.75) is 19.8 Å². The average molecular weight is 317 g/mol. The molecular weight excluding hydrogens is 302 g/mol. The number of hydrogen-bond acceptors (Lipinski definition) is 1. The Morgan fingerprint density at radius 2 is 2.24 bits per heavy atom. The Morgan fingerprint density at radius 1 is 1.53 bits per heavy atom. The summed E-state index contributed by atoms with van der Waals surface area (Å²) in [5.41, 5.74) is 1.93. The van der Waals surface area contributed by atoms with Crippen LogP contribution in [0.1, 0.15) is 28.8 Å². The molecule has 17 heavy (non-hydrogen) atoms. The van der Waals surface area contributed by atoms with Crippen molar-refractivity contribution >= 4 is 33.4 Å². The first-order chi connectivity index (χ1) is 8.06. The van der Waals surface area contributed by atoms with Crippen molar-refractivity contribution in [3.05, 3.63) is 34.3 Å². The molecular formula is C13H15BrClNO. The van der Waals surface area contributed by atoms with Gasteiger partial charge in [-0.15, -0.1) is 0 Å². The zero-order valence-electron chi connectivity index (χ0n) is 9.72. The molecule has 0 aromatic heterocycles. The van der Waals surface area contributed by atoms with E-state index in [1.54, 1.807) is 12.1 Å². The highest BCUT2D eigenvalue weighted by atomic mass is 79.9. The topological polar surface area (TPSA) is 29.1 Å². The summed E-state index contributed by atoms with van der Waals surface area (Å²) >= 11 is 9.36. The summed E-state index contributed by atoms with van der Waals surface area (Å²) in [7, 11) is 0. The van der Waals surface area contributed by atoms with E-state index < -0.39 is 0 Å². The van der Waals surface area contributed by atoms with Gasteiger partial charge in [-0.2, -0.15) is 0 Å². The van der Waals surface area contributed by atoms with Crippen molar-refractivity contribution < 1.29 is 4.79 Å². The van der Waals surface area contributed by atoms with Crippen molar-refractivity contribution in [2.75, 3.05) is 11.9 Å². The summed E-state index contributed by atoms with van der Waals surface area (Å²) in [6.45, 7) is 2.65. The zero-order chi connectivity index (χ0) is 12.5. The lowest BCUT2D eigenvalue weighted by Gasteiger charge is -2.13. The Hall–Kier alpha value is -0.540. The normalized spacial score (nSPS) is 16.6. The third-order valence-corrected chi connectivity index (χ3v) is 4.72. The highest BCUT2D eigenvalue weighted by Gasteiger charge is 2.41. The van der Waals surface area contributed by atoms with E-state index >= 15 is 0 Å². The molecule has 92 valence electrons. The van der Waals surface area contributed by atoms with Gasteiger partial charge in [0.2, 0.25) is 0 Å². The number of nitrogens with one attached hydrogen (secondary N) is 1. The molecule has 1 aromatic rings. The second-order valence-electron chi connectivity index (χ2n) is 4.78. The van der Waals surface area contributed by atoms with Crippen LogP contribution in [0.2, 0.25) is 5.02 Å². The monoisotopic (exact) mass is 315 g/mol. The van der Waals surface area contributed by atoms with Gasteiger partial charge >= 0.3 is 0 Å². The van der Waals surface area contributed by atoms with Crippen molar-refractivity contribution in [3.8, 4) is 0 Å². The third kappa shape index (κ3) is 3.02. The fraction of sp³-hybridized carbons (Fsp3) is 0.462. The van der Waals surface area contributed by atoms with Crippen LogP contribution in [-0.2, 0) is 0 Å². The predicted octanol–water partition coefficient (Wildman–Crippen LogP) is 3.55. The number of benzene rings is 1. The van der Waals surface area contributed by atoms with Gasteiger partial charge in [-0.25, -0.2) is 0 Å². The van der Waals surface area contributed by atoms with Crippen molar-refractivity contribution in [1.82, 2.24) is 5.32 Å². The van der Waals surface area contributed by atoms with Crippen LogP contribution in [0.25, 0.3) is 0 Å². The standard InChI is InChI=1S/C13H15BrClNO/c1-9-6-10(15)2-3-11(9)12(17)16-8-13(7-14)4-5-13/h2-3,6H,4-5,7-8H2,1H3,(H,16,17). The van der Waals surface area contributed by atoms with E-state index in [-0.39, 0.29) is 5.91 Å². The molecule has 1 aliphatic rings. The van der Waals surface area contributed by atoms with Gasteiger partial charge < -0.3 is 5.32 Å². The largest absolute Gasteiger partial charge is 0.351 e. The maximum Gasteiger partial charge on any atom is 0.251 e. The molecule has 1 amide bonds. The van der Waals surface area contributed by atoms with Gasteiger partial charge in [0, 0.05) is 22.5 Å². The molecule has 4 heteroatoms. The molecule has 1 aliphatic carbocycles. The number of halogens is 2. The molecule has 2 rings (SSSR count). The second kappa shape index (κ2) is 4.99. The molecule has 0 aliphatic heterocycles. The smallest absolute Gasteiger partial charge is 0.251 e. The number of rotatable bonds is 4. The van der Waals surface area contributed by atoms with Gasteiger partial charge in [0.25, 0.3) is 5.91 Å². The Balaban J connectivity index is 2.00. The highest BCUT2D eigenvalue weighted by Crippen LogP contribution is 2.46. The lowest BCUT2D eigenvalue weighted by molar-refractivity contribution is 0.0946. The minimum atomic E-state index is -0.00797. The van der Waals surface area contributed by atoms with Gasteiger partial charge in [-0.05, 0) is 48.9 Å². The summed E-state index contributed by atoms with van der Waals surface area (Å²) in [4.78, 5) is 12.0. The van der Waals surface area contributed by atoms with Crippen molar-refractivity contribution in [2.24, 2.45) is 5.41 Å². The molecule has 1 saturated carbocycles. The number of aryl methyl sites for hydroxylation is 1. The number of hydrogen-bond donors (Lipinski definition) is 1. The predicted molar refractivity (Wildman–Crippen MR) is 74.0 cm³/mol. The number of alkyl halides is 1. The summed E-state index contributed by atoms with van der Waals surface area (Å²) in [5.74, 6) is -0.00797. The Morgan fingerprint density at radius 3 is 2.76 bits per heavy atom.